The molecule has 4 heteroatoms. The van der Waals surface area contributed by atoms with Gasteiger partial charge >= 0.3 is 0 Å². The lowest BCUT2D eigenvalue weighted by Gasteiger charge is -2.47. The third-order valence-corrected chi connectivity index (χ3v) is 5.65. The average molecular weight is 275 g/mol. The zero-order valence-electron chi connectivity index (χ0n) is 11.6. The van der Waals surface area contributed by atoms with E-state index >= 15 is 0 Å². The van der Waals surface area contributed by atoms with Gasteiger partial charge in [-0.3, -0.25) is 4.99 Å². The van der Waals surface area contributed by atoms with Crippen molar-refractivity contribution in [2.24, 2.45) is 16.1 Å². The summed E-state index contributed by atoms with van der Waals surface area (Å²) in [7, 11) is 0. The number of aliphatic imine (C=N–C) groups is 1. The van der Waals surface area contributed by atoms with Crippen LogP contribution < -0.4 is 10.6 Å². The normalized spacial score (nSPS) is 29.6. The maximum Gasteiger partial charge on any atom is 0.196 e. The van der Waals surface area contributed by atoms with Crippen molar-refractivity contribution < 1.29 is 0 Å². The Bertz CT molecular complexity index is 497. The summed E-state index contributed by atoms with van der Waals surface area (Å²) in [5, 5.41) is 0. The van der Waals surface area contributed by atoms with Crippen molar-refractivity contribution in [3.8, 4) is 0 Å². The summed E-state index contributed by atoms with van der Waals surface area (Å²) < 4.78 is 0. The lowest BCUT2D eigenvalue weighted by Crippen LogP contribution is -2.58. The summed E-state index contributed by atoms with van der Waals surface area (Å²) in [5.41, 5.74) is 7.75. The Labute approximate surface area is 119 Å². The van der Waals surface area contributed by atoms with Gasteiger partial charge in [-0.15, -0.1) is 0 Å². The zero-order chi connectivity index (χ0) is 13.5. The second kappa shape index (κ2) is 4.44. The molecule has 0 aromatic heterocycles. The van der Waals surface area contributed by atoms with E-state index in [9.17, 15) is 0 Å². The van der Waals surface area contributed by atoms with E-state index in [0.29, 0.717) is 11.4 Å². The van der Waals surface area contributed by atoms with Crippen LogP contribution in [0.15, 0.2) is 35.3 Å². The molecule has 0 amide bonds. The van der Waals surface area contributed by atoms with E-state index in [0.717, 1.165) is 18.7 Å². The molecule has 3 nitrogen and oxygen atoms in total. The van der Waals surface area contributed by atoms with Crippen LogP contribution in [0, 0.1) is 5.41 Å². The fourth-order valence-corrected chi connectivity index (χ4v) is 4.81. The zero-order valence-corrected chi connectivity index (χ0v) is 12.4. The number of nitrogens with two attached hydrogens (primary N) is 1. The SMILES string of the molecule is CC1(C)CSCC2(CN=C(N)N2c2ccccc2)C1. The quantitative estimate of drug-likeness (QED) is 0.857. The van der Waals surface area contributed by atoms with Gasteiger partial charge in [0.25, 0.3) is 0 Å². The van der Waals surface area contributed by atoms with Crippen molar-refractivity contribution in [1.29, 1.82) is 0 Å². The van der Waals surface area contributed by atoms with Gasteiger partial charge in [0.15, 0.2) is 5.96 Å². The minimum Gasteiger partial charge on any atom is -0.369 e. The first kappa shape index (κ1) is 12.9. The van der Waals surface area contributed by atoms with Crippen molar-refractivity contribution in [2.75, 3.05) is 23.0 Å². The summed E-state index contributed by atoms with van der Waals surface area (Å²) in [6.07, 6.45) is 1.14. The molecule has 1 unspecified atom stereocenters. The lowest BCUT2D eigenvalue weighted by molar-refractivity contribution is 0.282. The monoisotopic (exact) mass is 275 g/mol. The number of hydrogen-bond acceptors (Lipinski definition) is 4. The van der Waals surface area contributed by atoms with E-state index in [1.165, 1.54) is 11.4 Å². The summed E-state index contributed by atoms with van der Waals surface area (Å²) in [6, 6.07) is 10.4. The third kappa shape index (κ3) is 2.22. The minimum atomic E-state index is 0.0673. The molecular formula is C15H21N3S. The molecule has 0 radical (unpaired) electrons. The van der Waals surface area contributed by atoms with Crippen molar-refractivity contribution >= 4 is 23.4 Å². The number of guanidine groups is 1. The first-order valence-corrected chi connectivity index (χ1v) is 7.91. The van der Waals surface area contributed by atoms with Crippen LogP contribution in [0.5, 0.6) is 0 Å². The molecular weight excluding hydrogens is 254 g/mol. The molecule has 0 aliphatic carbocycles. The Kier molecular flexibility index (Phi) is 3.01. The van der Waals surface area contributed by atoms with Crippen molar-refractivity contribution in [2.45, 2.75) is 25.8 Å². The molecule has 19 heavy (non-hydrogen) atoms. The second-order valence-corrected chi connectivity index (χ2v) is 7.39. The van der Waals surface area contributed by atoms with Crippen molar-refractivity contribution in [3.05, 3.63) is 30.3 Å². The molecule has 2 N–H and O–H groups in total. The Morgan fingerprint density at radius 2 is 1.95 bits per heavy atom. The number of benzene rings is 1. The predicted molar refractivity (Wildman–Crippen MR) is 83.9 cm³/mol. The Morgan fingerprint density at radius 3 is 2.63 bits per heavy atom. The van der Waals surface area contributed by atoms with Gasteiger partial charge in [-0.25, -0.2) is 0 Å². The van der Waals surface area contributed by atoms with Crippen LogP contribution in [0.25, 0.3) is 0 Å². The molecule has 1 aromatic carbocycles. The molecule has 2 heterocycles. The van der Waals surface area contributed by atoms with Crippen LogP contribution in [-0.4, -0.2) is 29.5 Å². The van der Waals surface area contributed by atoms with Gasteiger partial charge < -0.3 is 10.6 Å². The van der Waals surface area contributed by atoms with Crippen LogP contribution in [0.3, 0.4) is 0 Å². The Morgan fingerprint density at radius 1 is 1.21 bits per heavy atom. The highest BCUT2D eigenvalue weighted by Gasteiger charge is 2.48. The van der Waals surface area contributed by atoms with E-state index in [4.69, 9.17) is 5.73 Å². The van der Waals surface area contributed by atoms with Gasteiger partial charge in [0, 0.05) is 11.4 Å². The summed E-state index contributed by atoms with van der Waals surface area (Å²) in [4.78, 5) is 6.81. The molecule has 1 aromatic rings. The van der Waals surface area contributed by atoms with Crippen molar-refractivity contribution in [1.82, 2.24) is 0 Å². The van der Waals surface area contributed by atoms with Gasteiger partial charge in [0.1, 0.15) is 0 Å². The smallest absolute Gasteiger partial charge is 0.196 e. The Balaban J connectivity index is 1.98. The van der Waals surface area contributed by atoms with Crippen molar-refractivity contribution in [3.63, 3.8) is 0 Å². The first-order valence-electron chi connectivity index (χ1n) is 6.76. The first-order chi connectivity index (χ1) is 9.03. The van der Waals surface area contributed by atoms with E-state index < -0.39 is 0 Å². The van der Waals surface area contributed by atoms with Crippen LogP contribution in [0.2, 0.25) is 0 Å². The van der Waals surface area contributed by atoms with E-state index in [1.807, 2.05) is 17.8 Å². The van der Waals surface area contributed by atoms with Crippen LogP contribution in [-0.2, 0) is 0 Å². The van der Waals surface area contributed by atoms with E-state index in [2.05, 4.69) is 48.0 Å². The number of para-hydroxylation sites is 1. The highest BCUT2D eigenvalue weighted by atomic mass is 32.2. The highest BCUT2D eigenvalue weighted by molar-refractivity contribution is 7.99. The van der Waals surface area contributed by atoms with Gasteiger partial charge in [-0.2, -0.15) is 11.8 Å². The molecule has 1 fully saturated rings. The van der Waals surface area contributed by atoms with Crippen LogP contribution in [0.4, 0.5) is 5.69 Å². The molecule has 3 rings (SSSR count). The summed E-state index contributed by atoms with van der Waals surface area (Å²) in [5.74, 6) is 3.00. The Hall–Kier alpha value is -1.16. The van der Waals surface area contributed by atoms with Gasteiger partial charge in [-0.05, 0) is 29.7 Å². The lowest BCUT2D eigenvalue weighted by atomic mass is 9.79. The maximum atomic E-state index is 6.17. The van der Waals surface area contributed by atoms with E-state index in [-0.39, 0.29) is 5.54 Å². The predicted octanol–water partition coefficient (Wildman–Crippen LogP) is 2.72. The summed E-state index contributed by atoms with van der Waals surface area (Å²) >= 11 is 2.03. The number of thioether (sulfide) groups is 1. The second-order valence-electron chi connectivity index (χ2n) is 6.40. The molecule has 0 saturated carbocycles. The maximum absolute atomic E-state index is 6.17. The fourth-order valence-electron chi connectivity index (χ4n) is 3.35. The number of nitrogens with zero attached hydrogens (tertiary/aromatic N) is 2. The molecule has 2 aliphatic heterocycles. The standard InChI is InChI=1S/C15H21N3S/c1-14(2)8-15(11-19-10-14)9-17-13(16)18(15)12-6-4-3-5-7-12/h3-7H,8-11H2,1-2H3,(H2,16,17). The topological polar surface area (TPSA) is 41.6 Å². The van der Waals surface area contributed by atoms with Crippen LogP contribution in [0.1, 0.15) is 20.3 Å². The fraction of sp³-hybridized carbons (Fsp3) is 0.533. The van der Waals surface area contributed by atoms with E-state index in [1.54, 1.807) is 0 Å². The minimum absolute atomic E-state index is 0.0673. The van der Waals surface area contributed by atoms with Gasteiger partial charge in [0.05, 0.1) is 12.1 Å². The largest absolute Gasteiger partial charge is 0.369 e. The molecule has 0 bridgehead atoms. The molecule has 2 aliphatic rings. The number of rotatable bonds is 1. The summed E-state index contributed by atoms with van der Waals surface area (Å²) in [6.45, 7) is 5.52. The molecule has 102 valence electrons. The highest BCUT2D eigenvalue weighted by Crippen LogP contribution is 2.45. The van der Waals surface area contributed by atoms with Gasteiger partial charge in [0.2, 0.25) is 0 Å². The van der Waals surface area contributed by atoms with Crippen LogP contribution >= 0.6 is 11.8 Å². The molecule has 1 atom stereocenters. The average Bonchev–Trinajstić information content (AvgIpc) is 2.66. The van der Waals surface area contributed by atoms with Gasteiger partial charge in [-0.1, -0.05) is 32.0 Å². The number of hydrogen-bond donors (Lipinski definition) is 1. The molecule has 1 saturated heterocycles. The third-order valence-electron chi connectivity index (χ3n) is 3.92. The molecule has 1 spiro atoms. The number of anilines is 1.